The number of nitrogens with zero attached hydrogens (tertiary/aromatic N) is 3. The van der Waals surface area contributed by atoms with Crippen LogP contribution >= 0.6 is 0 Å². The zero-order valence-electron chi connectivity index (χ0n) is 19.6. The van der Waals surface area contributed by atoms with Crippen LogP contribution in [0.25, 0.3) is 11.0 Å². The molecule has 0 bridgehead atoms. The molecule has 0 saturated heterocycles. The molecule has 1 atom stereocenters. The van der Waals surface area contributed by atoms with Crippen LogP contribution in [0.1, 0.15) is 61.4 Å². The van der Waals surface area contributed by atoms with Gasteiger partial charge in [-0.2, -0.15) is 0 Å². The Labute approximate surface area is 204 Å². The largest absolute Gasteiger partial charge is 0.481 e. The summed E-state index contributed by atoms with van der Waals surface area (Å²) in [6.07, 6.45) is 4.05. The molecule has 190 valence electrons. The van der Waals surface area contributed by atoms with Crippen LogP contribution in [0.4, 0.5) is 5.69 Å². The van der Waals surface area contributed by atoms with Gasteiger partial charge in [0.1, 0.15) is 22.9 Å². The maximum Gasteiger partial charge on any atom is 0.340 e. The number of benzene rings is 1. The highest BCUT2D eigenvalue weighted by Crippen LogP contribution is 2.36. The predicted molar refractivity (Wildman–Crippen MR) is 125 cm³/mol. The van der Waals surface area contributed by atoms with Crippen molar-refractivity contribution in [2.24, 2.45) is 0 Å². The Morgan fingerprint density at radius 2 is 1.89 bits per heavy atom. The van der Waals surface area contributed by atoms with Gasteiger partial charge in [0.15, 0.2) is 0 Å². The average Bonchev–Trinajstić information content (AvgIpc) is 3.31. The Bertz CT molecular complexity index is 1390. The maximum atomic E-state index is 13.1. The summed E-state index contributed by atoms with van der Waals surface area (Å²) in [6.45, 7) is 1.61. The van der Waals surface area contributed by atoms with Gasteiger partial charge in [-0.3, -0.25) is 14.4 Å². The van der Waals surface area contributed by atoms with Crippen molar-refractivity contribution in [3.63, 3.8) is 0 Å². The standard InChI is InChI=1S/C24H26N4O8/c1-13-15-6-5-14(9-18(15)36-23(34)16(13)10-20(29)30)25-22(33)17(11-21(31)32)28-12-19(26-27-28)24(35)7-3-2-4-8-24/h5-6,9,12,17,35H,2-4,7-8,10-11H2,1H3,(H,25,33)(H,29,30)(H,31,32). The third-order valence-electron chi connectivity index (χ3n) is 6.54. The number of carboxylic acid groups (broad SMARTS) is 2. The van der Waals surface area contributed by atoms with E-state index in [1.54, 1.807) is 13.0 Å². The van der Waals surface area contributed by atoms with Gasteiger partial charge in [0.05, 0.1) is 24.6 Å². The second kappa shape index (κ2) is 9.90. The van der Waals surface area contributed by atoms with E-state index >= 15 is 0 Å². The minimum absolute atomic E-state index is 0.0370. The first-order valence-electron chi connectivity index (χ1n) is 11.5. The number of anilines is 1. The van der Waals surface area contributed by atoms with Gasteiger partial charge in [-0.15, -0.1) is 5.10 Å². The molecule has 1 aliphatic rings. The Morgan fingerprint density at radius 3 is 2.56 bits per heavy atom. The molecule has 3 aromatic rings. The number of aryl methyl sites for hydroxylation is 1. The van der Waals surface area contributed by atoms with Crippen molar-refractivity contribution < 1.29 is 34.1 Å². The topological polar surface area (TPSA) is 185 Å². The quantitative estimate of drug-likeness (QED) is 0.335. The number of hydrogen-bond donors (Lipinski definition) is 4. The van der Waals surface area contributed by atoms with Crippen molar-refractivity contribution in [1.29, 1.82) is 0 Å². The summed E-state index contributed by atoms with van der Waals surface area (Å²) in [5, 5.41) is 40.4. The summed E-state index contributed by atoms with van der Waals surface area (Å²) >= 11 is 0. The minimum Gasteiger partial charge on any atom is -0.481 e. The van der Waals surface area contributed by atoms with E-state index in [9.17, 15) is 29.4 Å². The first-order chi connectivity index (χ1) is 17.1. The molecule has 12 heteroatoms. The fourth-order valence-electron chi connectivity index (χ4n) is 4.56. The number of amides is 1. The van der Waals surface area contributed by atoms with E-state index in [-0.39, 0.29) is 16.8 Å². The van der Waals surface area contributed by atoms with Gasteiger partial charge < -0.3 is 25.1 Å². The van der Waals surface area contributed by atoms with Gasteiger partial charge in [0, 0.05) is 17.1 Å². The van der Waals surface area contributed by atoms with E-state index < -0.39 is 48.0 Å². The monoisotopic (exact) mass is 498 g/mol. The number of carboxylic acids is 2. The van der Waals surface area contributed by atoms with Crippen LogP contribution in [0.5, 0.6) is 0 Å². The number of carbonyl (C=O) groups is 3. The molecule has 4 N–H and O–H groups in total. The number of hydrogen-bond acceptors (Lipinski definition) is 8. The molecule has 12 nitrogen and oxygen atoms in total. The fraction of sp³-hybridized carbons (Fsp3) is 0.417. The van der Waals surface area contributed by atoms with Crippen LogP contribution in [-0.2, 0) is 26.4 Å². The summed E-state index contributed by atoms with van der Waals surface area (Å²) in [7, 11) is 0. The summed E-state index contributed by atoms with van der Waals surface area (Å²) in [5.74, 6) is -3.08. The van der Waals surface area contributed by atoms with E-state index in [1.165, 1.54) is 18.3 Å². The number of fused-ring (bicyclic) bond motifs is 1. The van der Waals surface area contributed by atoms with Gasteiger partial charge in [-0.1, -0.05) is 24.5 Å². The van der Waals surface area contributed by atoms with E-state index in [1.807, 2.05) is 0 Å². The highest BCUT2D eigenvalue weighted by molar-refractivity contribution is 5.97. The summed E-state index contributed by atoms with van der Waals surface area (Å²) in [5.41, 5.74) is -0.773. The highest BCUT2D eigenvalue weighted by atomic mass is 16.4. The van der Waals surface area contributed by atoms with Crippen molar-refractivity contribution in [3.05, 3.63) is 51.6 Å². The van der Waals surface area contributed by atoms with Crippen LogP contribution in [-0.4, -0.2) is 48.2 Å². The minimum atomic E-state index is -1.25. The molecular formula is C24H26N4O8. The lowest BCUT2D eigenvalue weighted by Crippen LogP contribution is -2.30. The number of nitrogens with one attached hydrogen (secondary N) is 1. The third kappa shape index (κ3) is 5.13. The number of carbonyl (C=O) groups excluding carboxylic acids is 1. The van der Waals surface area contributed by atoms with Crippen LogP contribution in [0.3, 0.4) is 0 Å². The van der Waals surface area contributed by atoms with E-state index in [0.29, 0.717) is 29.5 Å². The molecule has 2 aromatic heterocycles. The second-order valence-electron chi connectivity index (χ2n) is 9.05. The molecule has 2 heterocycles. The lowest BCUT2D eigenvalue weighted by Gasteiger charge is -2.29. The smallest absolute Gasteiger partial charge is 0.340 e. The number of aliphatic hydroxyl groups is 1. The Hall–Kier alpha value is -4.06. The number of aliphatic carboxylic acids is 2. The molecule has 4 rings (SSSR count). The summed E-state index contributed by atoms with van der Waals surface area (Å²) < 4.78 is 6.40. The van der Waals surface area contributed by atoms with Gasteiger partial charge in [0.25, 0.3) is 0 Å². The molecule has 1 aromatic carbocycles. The van der Waals surface area contributed by atoms with Crippen molar-refractivity contribution in [2.45, 2.75) is 63.5 Å². The van der Waals surface area contributed by atoms with Crippen molar-refractivity contribution in [3.8, 4) is 0 Å². The molecule has 0 spiro atoms. The lowest BCUT2D eigenvalue weighted by atomic mass is 9.83. The molecule has 1 unspecified atom stereocenters. The van der Waals surface area contributed by atoms with Crippen molar-refractivity contribution in [2.75, 3.05) is 5.32 Å². The van der Waals surface area contributed by atoms with Gasteiger partial charge >= 0.3 is 17.6 Å². The molecular weight excluding hydrogens is 472 g/mol. The van der Waals surface area contributed by atoms with Crippen LogP contribution in [0.15, 0.2) is 33.6 Å². The van der Waals surface area contributed by atoms with Crippen LogP contribution in [0.2, 0.25) is 0 Å². The molecule has 1 aliphatic carbocycles. The third-order valence-corrected chi connectivity index (χ3v) is 6.54. The van der Waals surface area contributed by atoms with E-state index in [2.05, 4.69) is 15.6 Å². The first kappa shape index (κ1) is 25.0. The van der Waals surface area contributed by atoms with E-state index in [4.69, 9.17) is 9.52 Å². The second-order valence-corrected chi connectivity index (χ2v) is 9.05. The maximum absolute atomic E-state index is 13.1. The van der Waals surface area contributed by atoms with Gasteiger partial charge in [-0.25, -0.2) is 9.48 Å². The van der Waals surface area contributed by atoms with E-state index in [0.717, 1.165) is 23.9 Å². The summed E-state index contributed by atoms with van der Waals surface area (Å²) in [6, 6.07) is 3.26. The van der Waals surface area contributed by atoms with Gasteiger partial charge in [0.2, 0.25) is 5.91 Å². The molecule has 0 radical (unpaired) electrons. The molecule has 36 heavy (non-hydrogen) atoms. The molecule has 0 aliphatic heterocycles. The zero-order valence-corrected chi connectivity index (χ0v) is 19.6. The Morgan fingerprint density at radius 1 is 1.17 bits per heavy atom. The van der Waals surface area contributed by atoms with Crippen LogP contribution in [0, 0.1) is 6.92 Å². The SMILES string of the molecule is Cc1c(CC(=O)O)c(=O)oc2cc(NC(=O)C(CC(=O)O)n3cc(C4(O)CCCCC4)nn3)ccc12. The predicted octanol–water partition coefficient (Wildman–Crippen LogP) is 2.13. The van der Waals surface area contributed by atoms with Crippen LogP contribution < -0.4 is 10.9 Å². The number of aromatic nitrogens is 3. The Kier molecular flexibility index (Phi) is 6.88. The fourth-order valence-corrected chi connectivity index (χ4v) is 4.56. The molecule has 1 amide bonds. The van der Waals surface area contributed by atoms with Crippen molar-refractivity contribution in [1.82, 2.24) is 15.0 Å². The number of rotatable bonds is 8. The summed E-state index contributed by atoms with van der Waals surface area (Å²) in [4.78, 5) is 47.9. The molecule has 1 fully saturated rings. The zero-order chi connectivity index (χ0) is 26.0. The first-order valence-corrected chi connectivity index (χ1v) is 11.5. The Balaban J connectivity index is 1.60. The molecule has 1 saturated carbocycles. The lowest BCUT2D eigenvalue weighted by molar-refractivity contribution is -0.140. The highest BCUT2D eigenvalue weighted by Gasteiger charge is 2.35. The average molecular weight is 498 g/mol. The van der Waals surface area contributed by atoms with Crippen molar-refractivity contribution >= 4 is 34.5 Å². The normalized spacial score (nSPS) is 15.9. The van der Waals surface area contributed by atoms with Gasteiger partial charge in [-0.05, 0) is 37.5 Å².